The van der Waals surface area contributed by atoms with E-state index in [1.165, 1.54) is 33.8 Å². The van der Waals surface area contributed by atoms with Crippen molar-refractivity contribution >= 4 is 44.7 Å². The minimum absolute atomic E-state index is 0.228. The Kier molecular flexibility index (Phi) is 7.54. The third kappa shape index (κ3) is 5.47. The minimum atomic E-state index is -0.292. The van der Waals surface area contributed by atoms with Crippen LogP contribution < -0.4 is 10.1 Å². The summed E-state index contributed by atoms with van der Waals surface area (Å²) in [7, 11) is 2.19. The van der Waals surface area contributed by atoms with Crippen LogP contribution >= 0.6 is 22.9 Å². The van der Waals surface area contributed by atoms with Gasteiger partial charge in [0.2, 0.25) is 0 Å². The van der Waals surface area contributed by atoms with Gasteiger partial charge < -0.3 is 15.0 Å². The van der Waals surface area contributed by atoms with Crippen LogP contribution in [0.15, 0.2) is 55.0 Å². The molecule has 216 valence electrons. The summed E-state index contributed by atoms with van der Waals surface area (Å²) in [4.78, 5) is 16.3. The van der Waals surface area contributed by atoms with E-state index in [4.69, 9.17) is 21.4 Å². The van der Waals surface area contributed by atoms with Gasteiger partial charge in [0.1, 0.15) is 35.1 Å². The fourth-order valence-corrected chi connectivity index (χ4v) is 7.23. The first-order valence-electron chi connectivity index (χ1n) is 14.2. The SMILES string of the molecule is CN1CCN(CCn2ncc3c2CCc2c-3sc3ncnc(Nc4ccc(OCc5cccc(F)c5)c(Cl)c4)c23)CC1. The van der Waals surface area contributed by atoms with Crippen LogP contribution in [-0.2, 0) is 26.0 Å². The maximum absolute atomic E-state index is 13.5. The molecule has 0 spiro atoms. The summed E-state index contributed by atoms with van der Waals surface area (Å²) in [6.45, 7) is 6.65. The number of aryl methyl sites for hydroxylation is 1. The second-order valence-corrected chi connectivity index (χ2v) is 12.3. The lowest BCUT2D eigenvalue weighted by atomic mass is 9.95. The largest absolute Gasteiger partial charge is 0.487 e. The molecule has 0 amide bonds. The summed E-state index contributed by atoms with van der Waals surface area (Å²) >= 11 is 8.27. The fraction of sp³-hybridized carbons (Fsp3) is 0.323. The average Bonchev–Trinajstić information content (AvgIpc) is 3.58. The van der Waals surface area contributed by atoms with E-state index in [-0.39, 0.29) is 12.4 Å². The number of hydrogen-bond acceptors (Lipinski definition) is 8. The second-order valence-electron chi connectivity index (χ2n) is 10.9. The minimum Gasteiger partial charge on any atom is -0.487 e. The van der Waals surface area contributed by atoms with Crippen LogP contribution in [0, 0.1) is 5.82 Å². The maximum atomic E-state index is 13.5. The summed E-state index contributed by atoms with van der Waals surface area (Å²) in [5.41, 5.74) is 5.33. The van der Waals surface area contributed by atoms with Crippen molar-refractivity contribution in [1.82, 2.24) is 29.5 Å². The van der Waals surface area contributed by atoms with Gasteiger partial charge in [-0.3, -0.25) is 9.58 Å². The van der Waals surface area contributed by atoms with Crippen LogP contribution in [0.2, 0.25) is 5.02 Å². The molecule has 8 nitrogen and oxygen atoms in total. The van der Waals surface area contributed by atoms with Gasteiger partial charge in [0.15, 0.2) is 0 Å². The highest BCUT2D eigenvalue weighted by molar-refractivity contribution is 7.22. The molecular formula is C31H31ClFN7OS. The van der Waals surface area contributed by atoms with E-state index in [1.807, 2.05) is 30.5 Å². The Hall–Kier alpha value is -3.57. The molecule has 1 aliphatic heterocycles. The van der Waals surface area contributed by atoms with Crippen LogP contribution in [0.3, 0.4) is 0 Å². The quantitative estimate of drug-likeness (QED) is 0.233. The monoisotopic (exact) mass is 603 g/mol. The van der Waals surface area contributed by atoms with Gasteiger partial charge in [0.05, 0.1) is 23.2 Å². The van der Waals surface area contributed by atoms with Crippen LogP contribution in [-0.4, -0.2) is 69.3 Å². The summed E-state index contributed by atoms with van der Waals surface area (Å²) in [5.74, 6) is 0.997. The predicted molar refractivity (Wildman–Crippen MR) is 165 cm³/mol. The summed E-state index contributed by atoms with van der Waals surface area (Å²) in [6, 6.07) is 11.9. The number of rotatable bonds is 8. The molecule has 2 aliphatic rings. The smallest absolute Gasteiger partial charge is 0.142 e. The number of thiophene rings is 1. The number of nitrogens with zero attached hydrogens (tertiary/aromatic N) is 6. The number of likely N-dealkylation sites (N-methyl/N-ethyl adjacent to an activating group) is 1. The van der Waals surface area contributed by atoms with Crippen molar-refractivity contribution in [2.24, 2.45) is 0 Å². The number of nitrogens with one attached hydrogen (secondary N) is 1. The molecule has 42 heavy (non-hydrogen) atoms. The van der Waals surface area contributed by atoms with Crippen molar-refractivity contribution in [3.8, 4) is 16.2 Å². The molecule has 1 N–H and O–H groups in total. The topological polar surface area (TPSA) is 71.3 Å². The zero-order chi connectivity index (χ0) is 28.6. The van der Waals surface area contributed by atoms with Gasteiger partial charge in [0.25, 0.3) is 0 Å². The van der Waals surface area contributed by atoms with E-state index >= 15 is 0 Å². The lowest BCUT2D eigenvalue weighted by Gasteiger charge is -2.32. The molecule has 3 aromatic heterocycles. The molecule has 0 atom stereocenters. The number of fused-ring (bicyclic) bond motifs is 5. The van der Waals surface area contributed by atoms with E-state index in [9.17, 15) is 4.39 Å². The third-order valence-corrected chi connectivity index (χ3v) is 9.56. The van der Waals surface area contributed by atoms with Crippen molar-refractivity contribution in [3.05, 3.63) is 82.6 Å². The van der Waals surface area contributed by atoms with Crippen LogP contribution in [0.5, 0.6) is 5.75 Å². The highest BCUT2D eigenvalue weighted by Crippen LogP contribution is 2.45. The number of hydrogen-bond donors (Lipinski definition) is 1. The molecule has 1 saturated heterocycles. The lowest BCUT2D eigenvalue weighted by Crippen LogP contribution is -2.45. The predicted octanol–water partition coefficient (Wildman–Crippen LogP) is 6.02. The molecule has 7 rings (SSSR count). The Bertz CT molecular complexity index is 1750. The summed E-state index contributed by atoms with van der Waals surface area (Å²) in [5, 5.41) is 9.77. The number of anilines is 2. The molecule has 0 bridgehead atoms. The number of aromatic nitrogens is 4. The molecule has 0 saturated carbocycles. The second kappa shape index (κ2) is 11.6. The van der Waals surface area contributed by atoms with E-state index < -0.39 is 0 Å². The van der Waals surface area contributed by atoms with Crippen LogP contribution in [0.4, 0.5) is 15.9 Å². The van der Waals surface area contributed by atoms with Crippen LogP contribution in [0.25, 0.3) is 20.7 Å². The lowest BCUT2D eigenvalue weighted by molar-refractivity contribution is 0.148. The van der Waals surface area contributed by atoms with Gasteiger partial charge >= 0.3 is 0 Å². The molecule has 1 aliphatic carbocycles. The number of halogens is 2. The first-order valence-corrected chi connectivity index (χ1v) is 15.4. The Morgan fingerprint density at radius 3 is 2.76 bits per heavy atom. The zero-order valence-electron chi connectivity index (χ0n) is 23.3. The molecule has 1 fully saturated rings. The van der Waals surface area contributed by atoms with Crippen molar-refractivity contribution in [1.29, 1.82) is 0 Å². The Morgan fingerprint density at radius 1 is 1.05 bits per heavy atom. The van der Waals surface area contributed by atoms with Gasteiger partial charge in [-0.15, -0.1) is 11.3 Å². The Balaban J connectivity index is 1.09. The maximum Gasteiger partial charge on any atom is 0.142 e. The van der Waals surface area contributed by atoms with Crippen LogP contribution in [0.1, 0.15) is 16.8 Å². The van der Waals surface area contributed by atoms with Gasteiger partial charge in [0, 0.05) is 54.5 Å². The number of piperazine rings is 1. The highest BCUT2D eigenvalue weighted by Gasteiger charge is 2.27. The first kappa shape index (κ1) is 27.3. The molecule has 5 aromatic rings. The Morgan fingerprint density at radius 2 is 1.93 bits per heavy atom. The van der Waals surface area contributed by atoms with E-state index in [2.05, 4.69) is 36.8 Å². The van der Waals surface area contributed by atoms with E-state index in [1.54, 1.807) is 23.7 Å². The van der Waals surface area contributed by atoms with Crippen molar-refractivity contribution in [2.45, 2.75) is 26.0 Å². The molecular weight excluding hydrogens is 573 g/mol. The van der Waals surface area contributed by atoms with Gasteiger partial charge in [-0.25, -0.2) is 14.4 Å². The van der Waals surface area contributed by atoms with Gasteiger partial charge in [-0.2, -0.15) is 5.10 Å². The normalized spacial score (nSPS) is 15.5. The zero-order valence-corrected chi connectivity index (χ0v) is 24.9. The number of ether oxygens (including phenoxy) is 1. The Labute approximate surface area is 252 Å². The average molecular weight is 604 g/mol. The van der Waals surface area contributed by atoms with Gasteiger partial charge in [-0.1, -0.05) is 23.7 Å². The van der Waals surface area contributed by atoms with Crippen molar-refractivity contribution in [3.63, 3.8) is 0 Å². The van der Waals surface area contributed by atoms with E-state index in [0.717, 1.165) is 79.4 Å². The van der Waals surface area contributed by atoms with Crippen molar-refractivity contribution in [2.75, 3.05) is 45.1 Å². The van der Waals surface area contributed by atoms with Gasteiger partial charge in [-0.05, 0) is 61.3 Å². The standard InChI is InChI=1S/C31H31ClFN7OS/c1-38-9-11-39(12-10-38)13-14-40-26-7-6-23-28-30(34-19-35-31(28)42-29(23)24(26)17-36-40)37-22-5-8-27(25(32)16-22)41-18-20-3-2-4-21(33)15-20/h2-5,8,15-17,19H,6-7,9-14,18H2,1H3,(H,34,35,37). The summed E-state index contributed by atoms with van der Waals surface area (Å²) < 4.78 is 21.5. The third-order valence-electron chi connectivity index (χ3n) is 8.09. The molecule has 11 heteroatoms. The fourth-order valence-electron chi connectivity index (χ4n) is 5.77. The molecule has 2 aromatic carbocycles. The molecule has 0 radical (unpaired) electrons. The molecule has 4 heterocycles. The first-order chi connectivity index (χ1) is 20.5. The van der Waals surface area contributed by atoms with E-state index in [0.29, 0.717) is 10.8 Å². The number of benzene rings is 2. The summed E-state index contributed by atoms with van der Waals surface area (Å²) in [6.07, 6.45) is 5.48. The molecule has 0 unspecified atom stereocenters. The highest BCUT2D eigenvalue weighted by atomic mass is 35.5. The van der Waals surface area contributed by atoms with Crippen molar-refractivity contribution < 1.29 is 9.13 Å².